The molecular formula is C26H14Br2F3NO. The molecular weight excluding hydrogens is 559 g/mol. The van der Waals surface area contributed by atoms with Gasteiger partial charge in [0.05, 0.1) is 16.6 Å². The van der Waals surface area contributed by atoms with Crippen LogP contribution in [0, 0.1) is 0 Å². The van der Waals surface area contributed by atoms with Gasteiger partial charge in [0.1, 0.15) is 0 Å². The van der Waals surface area contributed by atoms with Gasteiger partial charge in [0.15, 0.2) is 5.78 Å². The Bertz CT molecular complexity index is 1460. The van der Waals surface area contributed by atoms with Crippen LogP contribution in [0.1, 0.15) is 21.5 Å². The van der Waals surface area contributed by atoms with E-state index in [0.29, 0.717) is 5.56 Å². The summed E-state index contributed by atoms with van der Waals surface area (Å²) in [5.74, 6) is -0.328. The lowest BCUT2D eigenvalue weighted by Crippen LogP contribution is -2.06. The molecule has 1 aromatic heterocycles. The Balaban J connectivity index is 1.55. The molecule has 0 aliphatic heterocycles. The number of benzene rings is 4. The lowest BCUT2D eigenvalue weighted by molar-refractivity contribution is -0.137. The third kappa shape index (κ3) is 4.00. The van der Waals surface area contributed by atoms with E-state index >= 15 is 0 Å². The van der Waals surface area contributed by atoms with Crippen LogP contribution in [-0.2, 0) is 6.18 Å². The van der Waals surface area contributed by atoms with Crippen LogP contribution >= 0.6 is 31.9 Å². The molecule has 0 fully saturated rings. The number of hydrogen-bond acceptors (Lipinski definition) is 1. The number of halogens is 5. The normalized spacial score (nSPS) is 11.9. The quantitative estimate of drug-likeness (QED) is 0.198. The second-order valence-electron chi connectivity index (χ2n) is 7.61. The maximum absolute atomic E-state index is 12.8. The van der Waals surface area contributed by atoms with Gasteiger partial charge in [-0.05, 0) is 72.8 Å². The van der Waals surface area contributed by atoms with Crippen LogP contribution in [0.25, 0.3) is 27.5 Å². The first-order chi connectivity index (χ1) is 15.7. The number of fused-ring (bicyclic) bond motifs is 3. The summed E-state index contributed by atoms with van der Waals surface area (Å²) in [6, 6.07) is 23.5. The number of ketones is 1. The molecule has 7 heteroatoms. The zero-order chi connectivity index (χ0) is 23.3. The molecule has 0 radical (unpaired) electrons. The minimum atomic E-state index is -4.43. The molecule has 4 aromatic carbocycles. The van der Waals surface area contributed by atoms with Crippen LogP contribution in [0.3, 0.4) is 0 Å². The van der Waals surface area contributed by atoms with E-state index in [-0.39, 0.29) is 11.3 Å². The monoisotopic (exact) mass is 571 g/mol. The van der Waals surface area contributed by atoms with Gasteiger partial charge in [-0.3, -0.25) is 4.79 Å². The summed E-state index contributed by atoms with van der Waals surface area (Å²) >= 11 is 7.09. The molecule has 0 bridgehead atoms. The summed E-state index contributed by atoms with van der Waals surface area (Å²) in [5, 5.41) is 2.18. The van der Waals surface area contributed by atoms with Crippen molar-refractivity contribution < 1.29 is 18.0 Å². The van der Waals surface area contributed by atoms with Crippen molar-refractivity contribution in [3.63, 3.8) is 0 Å². The number of carbonyl (C=O) groups excluding carboxylic acids is 1. The Morgan fingerprint density at radius 1 is 0.667 bits per heavy atom. The molecule has 0 saturated carbocycles. The van der Waals surface area contributed by atoms with Gasteiger partial charge in [0.25, 0.3) is 0 Å². The van der Waals surface area contributed by atoms with Gasteiger partial charge in [0, 0.05) is 36.5 Å². The van der Waals surface area contributed by atoms with Crippen molar-refractivity contribution in [3.05, 3.63) is 111 Å². The summed E-state index contributed by atoms with van der Waals surface area (Å²) in [5.41, 5.74) is 2.76. The van der Waals surface area contributed by atoms with Crippen LogP contribution in [0.15, 0.2) is 93.9 Å². The van der Waals surface area contributed by atoms with E-state index < -0.39 is 11.7 Å². The number of aromatic nitrogens is 1. The van der Waals surface area contributed by atoms with E-state index in [4.69, 9.17) is 0 Å². The van der Waals surface area contributed by atoms with Crippen LogP contribution < -0.4 is 0 Å². The second-order valence-corrected chi connectivity index (χ2v) is 9.44. The molecule has 0 aliphatic rings. The predicted molar refractivity (Wildman–Crippen MR) is 131 cm³/mol. The lowest BCUT2D eigenvalue weighted by atomic mass is 10.0. The van der Waals surface area contributed by atoms with Crippen molar-refractivity contribution in [2.24, 2.45) is 0 Å². The molecule has 0 spiro atoms. The van der Waals surface area contributed by atoms with Gasteiger partial charge in [-0.25, -0.2) is 0 Å². The number of hydrogen-bond donors (Lipinski definition) is 0. The SMILES string of the molecule is O=C(c1ccc(-n2c3ccc(Br)cc3c3cc(Br)ccc32)cc1)c1ccc(C(F)(F)F)cc1. The average Bonchev–Trinajstić information content (AvgIpc) is 3.11. The first kappa shape index (κ1) is 21.9. The fourth-order valence-corrected chi connectivity index (χ4v) is 4.71. The lowest BCUT2D eigenvalue weighted by Gasteiger charge is -2.10. The molecule has 164 valence electrons. The van der Waals surface area contributed by atoms with Crippen molar-refractivity contribution >= 4 is 59.4 Å². The molecule has 0 aliphatic carbocycles. The Labute approximate surface area is 203 Å². The Morgan fingerprint density at radius 2 is 1.12 bits per heavy atom. The van der Waals surface area contributed by atoms with Crippen LogP contribution in [0.5, 0.6) is 0 Å². The number of nitrogens with zero attached hydrogens (tertiary/aromatic N) is 1. The fraction of sp³-hybridized carbons (Fsp3) is 0.0385. The third-order valence-electron chi connectivity index (χ3n) is 5.55. The zero-order valence-corrected chi connectivity index (χ0v) is 20.0. The van der Waals surface area contributed by atoms with Crippen LogP contribution in [-0.4, -0.2) is 10.4 Å². The minimum absolute atomic E-state index is 0.210. The first-order valence-electron chi connectivity index (χ1n) is 9.94. The van der Waals surface area contributed by atoms with Gasteiger partial charge < -0.3 is 4.57 Å². The van der Waals surface area contributed by atoms with Gasteiger partial charge in [0.2, 0.25) is 0 Å². The molecule has 0 atom stereocenters. The van der Waals surface area contributed by atoms with Crippen molar-refractivity contribution in [3.8, 4) is 5.69 Å². The number of alkyl halides is 3. The molecule has 33 heavy (non-hydrogen) atoms. The summed E-state index contributed by atoms with van der Waals surface area (Å²) in [4.78, 5) is 12.8. The van der Waals surface area contributed by atoms with E-state index in [2.05, 4.69) is 48.6 Å². The second kappa shape index (κ2) is 8.15. The van der Waals surface area contributed by atoms with Gasteiger partial charge in [-0.2, -0.15) is 13.2 Å². The predicted octanol–water partition coefficient (Wildman–Crippen LogP) is 8.56. The average molecular weight is 573 g/mol. The van der Waals surface area contributed by atoms with Gasteiger partial charge in [-0.1, -0.05) is 44.0 Å². The molecule has 0 amide bonds. The van der Waals surface area contributed by atoms with Gasteiger partial charge in [-0.15, -0.1) is 0 Å². The molecule has 0 saturated heterocycles. The van der Waals surface area contributed by atoms with E-state index in [1.807, 2.05) is 36.4 Å². The number of rotatable bonds is 3. The minimum Gasteiger partial charge on any atom is -0.309 e. The molecule has 0 N–H and O–H groups in total. The summed E-state index contributed by atoms with van der Waals surface area (Å²) in [6.07, 6.45) is -4.43. The molecule has 5 rings (SSSR count). The van der Waals surface area contributed by atoms with Crippen molar-refractivity contribution in [2.75, 3.05) is 0 Å². The van der Waals surface area contributed by atoms with E-state index in [0.717, 1.165) is 48.6 Å². The van der Waals surface area contributed by atoms with E-state index in [1.165, 1.54) is 12.1 Å². The molecule has 1 heterocycles. The maximum atomic E-state index is 12.8. The Kier molecular flexibility index (Phi) is 5.41. The molecule has 0 unspecified atom stereocenters. The Hall–Kier alpha value is -2.90. The highest BCUT2D eigenvalue weighted by molar-refractivity contribution is 9.10. The summed E-state index contributed by atoms with van der Waals surface area (Å²) in [7, 11) is 0. The van der Waals surface area contributed by atoms with Crippen molar-refractivity contribution in [2.45, 2.75) is 6.18 Å². The van der Waals surface area contributed by atoms with Crippen LogP contribution in [0.2, 0.25) is 0 Å². The van der Waals surface area contributed by atoms with Gasteiger partial charge >= 0.3 is 6.18 Å². The Morgan fingerprint density at radius 3 is 1.58 bits per heavy atom. The van der Waals surface area contributed by atoms with E-state index in [9.17, 15) is 18.0 Å². The molecule has 2 nitrogen and oxygen atoms in total. The van der Waals surface area contributed by atoms with Crippen molar-refractivity contribution in [1.82, 2.24) is 4.57 Å². The third-order valence-corrected chi connectivity index (χ3v) is 6.54. The summed E-state index contributed by atoms with van der Waals surface area (Å²) in [6.45, 7) is 0. The highest BCUT2D eigenvalue weighted by Crippen LogP contribution is 2.35. The smallest absolute Gasteiger partial charge is 0.309 e. The highest BCUT2D eigenvalue weighted by Gasteiger charge is 2.30. The standard InChI is InChI=1S/C26H14Br2F3NO/c27-18-7-11-23-21(13-18)22-14-19(28)8-12-24(22)32(23)20-9-3-16(4-10-20)25(33)15-1-5-17(6-2-15)26(29,30)31/h1-14H. The fourth-order valence-electron chi connectivity index (χ4n) is 3.99. The zero-order valence-electron chi connectivity index (χ0n) is 16.8. The topological polar surface area (TPSA) is 22.0 Å². The summed E-state index contributed by atoms with van der Waals surface area (Å²) < 4.78 is 42.5. The highest BCUT2D eigenvalue weighted by atomic mass is 79.9. The van der Waals surface area contributed by atoms with Crippen molar-refractivity contribution in [1.29, 1.82) is 0 Å². The number of carbonyl (C=O) groups is 1. The largest absolute Gasteiger partial charge is 0.416 e. The van der Waals surface area contributed by atoms with Crippen LogP contribution in [0.4, 0.5) is 13.2 Å². The first-order valence-corrected chi connectivity index (χ1v) is 11.5. The van der Waals surface area contributed by atoms with E-state index in [1.54, 1.807) is 12.1 Å². The molecule has 5 aromatic rings. The maximum Gasteiger partial charge on any atom is 0.416 e.